The van der Waals surface area contributed by atoms with Gasteiger partial charge in [0, 0.05) is 22.8 Å². The highest BCUT2D eigenvalue weighted by Gasteiger charge is 2.19. The van der Waals surface area contributed by atoms with E-state index >= 15 is 0 Å². The molecule has 0 unspecified atom stereocenters. The van der Waals surface area contributed by atoms with E-state index in [9.17, 15) is 9.59 Å². The topological polar surface area (TPSA) is 84.0 Å². The van der Waals surface area contributed by atoms with Crippen LogP contribution in [-0.4, -0.2) is 21.4 Å². The number of carbonyl (C=O) groups excluding carboxylic acids is 2. The van der Waals surface area contributed by atoms with E-state index < -0.39 is 0 Å². The van der Waals surface area contributed by atoms with Gasteiger partial charge in [0.2, 0.25) is 5.91 Å². The average molecular weight is 260 g/mol. The minimum absolute atomic E-state index is 0.0470. The molecule has 2 N–H and O–H groups in total. The Bertz CT molecular complexity index is 624. The van der Waals surface area contributed by atoms with Gasteiger partial charge in [-0.2, -0.15) is 0 Å². The number of hydrogen-bond donors (Lipinski definition) is 2. The lowest BCUT2D eigenvalue weighted by Crippen LogP contribution is -2.11. The first-order chi connectivity index (χ1) is 8.72. The molecule has 0 aliphatic carbocycles. The van der Waals surface area contributed by atoms with E-state index in [-0.39, 0.29) is 11.8 Å². The van der Waals surface area contributed by atoms with Crippen molar-refractivity contribution >= 4 is 34.0 Å². The van der Waals surface area contributed by atoms with E-state index in [1.165, 1.54) is 6.20 Å². The van der Waals surface area contributed by atoms with E-state index in [1.54, 1.807) is 18.2 Å². The molecule has 0 spiro atoms. The second kappa shape index (κ2) is 4.19. The summed E-state index contributed by atoms with van der Waals surface area (Å²) < 4.78 is 3.66. The molecule has 0 saturated heterocycles. The number of hydrogen-bond acceptors (Lipinski definition) is 5. The summed E-state index contributed by atoms with van der Waals surface area (Å²) in [4.78, 5) is 23.1. The zero-order chi connectivity index (χ0) is 12.5. The molecule has 7 heteroatoms. The van der Waals surface area contributed by atoms with E-state index in [0.29, 0.717) is 22.7 Å². The normalized spacial score (nSPS) is 13.0. The van der Waals surface area contributed by atoms with Gasteiger partial charge in [-0.3, -0.25) is 9.59 Å². The molecular formula is C11H8N4O2S. The Hall–Kier alpha value is -2.28. The molecule has 18 heavy (non-hydrogen) atoms. The molecule has 1 aliphatic rings. The number of benzene rings is 1. The zero-order valence-electron chi connectivity index (χ0n) is 9.14. The first-order valence-corrected chi connectivity index (χ1v) is 6.01. The Morgan fingerprint density at radius 3 is 3.11 bits per heavy atom. The molecule has 0 radical (unpaired) electrons. The fraction of sp³-hybridized carbons (Fsp3) is 0.0909. The summed E-state index contributed by atoms with van der Waals surface area (Å²) in [6.45, 7) is 0. The van der Waals surface area contributed by atoms with Crippen molar-refractivity contribution in [1.29, 1.82) is 0 Å². The molecule has 1 aromatic heterocycles. The van der Waals surface area contributed by atoms with Gasteiger partial charge >= 0.3 is 0 Å². The predicted octanol–water partition coefficient (Wildman–Crippen LogP) is 1.28. The van der Waals surface area contributed by atoms with Crippen molar-refractivity contribution in [3.63, 3.8) is 0 Å². The summed E-state index contributed by atoms with van der Waals surface area (Å²) in [5.74, 6) is -0.292. The lowest BCUT2D eigenvalue weighted by Gasteiger charge is -2.04. The quantitative estimate of drug-likeness (QED) is 0.852. The van der Waals surface area contributed by atoms with E-state index in [0.717, 1.165) is 17.1 Å². The van der Waals surface area contributed by atoms with Crippen LogP contribution in [0.3, 0.4) is 0 Å². The van der Waals surface area contributed by atoms with Crippen LogP contribution in [0.2, 0.25) is 0 Å². The molecule has 90 valence electrons. The molecule has 0 bridgehead atoms. The minimum Gasteiger partial charge on any atom is -0.326 e. The van der Waals surface area contributed by atoms with Crippen LogP contribution in [0.15, 0.2) is 24.4 Å². The van der Waals surface area contributed by atoms with Crippen LogP contribution in [0.25, 0.3) is 0 Å². The van der Waals surface area contributed by atoms with Gasteiger partial charge in [-0.1, -0.05) is 10.6 Å². The number of nitrogens with one attached hydrogen (secondary N) is 2. The molecule has 1 aliphatic heterocycles. The van der Waals surface area contributed by atoms with Crippen LogP contribution in [0.5, 0.6) is 0 Å². The lowest BCUT2D eigenvalue weighted by molar-refractivity contribution is -0.115. The first-order valence-electron chi connectivity index (χ1n) is 5.24. The minimum atomic E-state index is -0.245. The monoisotopic (exact) mass is 260 g/mol. The molecule has 0 fully saturated rings. The number of nitrogens with zero attached hydrogens (tertiary/aromatic N) is 2. The molecule has 2 heterocycles. The SMILES string of the molecule is O=C1Cc2ccc(C(=O)Nc3cnns3)cc2N1. The molecule has 2 aromatic rings. The fourth-order valence-corrected chi connectivity index (χ4v) is 2.18. The zero-order valence-corrected chi connectivity index (χ0v) is 9.95. The molecule has 0 atom stereocenters. The highest BCUT2D eigenvalue weighted by Crippen LogP contribution is 2.24. The molecule has 6 nitrogen and oxygen atoms in total. The molecule has 3 rings (SSSR count). The first kappa shape index (κ1) is 10.8. The van der Waals surface area contributed by atoms with Crippen LogP contribution in [0.1, 0.15) is 15.9 Å². The Kier molecular flexibility index (Phi) is 2.52. The van der Waals surface area contributed by atoms with Gasteiger partial charge in [0.1, 0.15) is 5.00 Å². The van der Waals surface area contributed by atoms with Crippen LogP contribution in [-0.2, 0) is 11.2 Å². The maximum atomic E-state index is 11.9. The Balaban J connectivity index is 1.83. The Morgan fingerprint density at radius 2 is 2.33 bits per heavy atom. The summed E-state index contributed by atoms with van der Waals surface area (Å²) in [6, 6.07) is 5.15. The van der Waals surface area contributed by atoms with Crippen LogP contribution >= 0.6 is 11.5 Å². The van der Waals surface area contributed by atoms with E-state index in [1.807, 2.05) is 0 Å². The number of aromatic nitrogens is 2. The number of carbonyl (C=O) groups is 2. The smallest absolute Gasteiger partial charge is 0.256 e. The fourth-order valence-electron chi connectivity index (χ4n) is 1.76. The van der Waals surface area contributed by atoms with Crippen LogP contribution in [0.4, 0.5) is 10.7 Å². The largest absolute Gasteiger partial charge is 0.326 e. The van der Waals surface area contributed by atoms with Crippen molar-refractivity contribution in [2.45, 2.75) is 6.42 Å². The summed E-state index contributed by atoms with van der Waals surface area (Å²) in [6.07, 6.45) is 1.85. The van der Waals surface area contributed by atoms with E-state index in [4.69, 9.17) is 0 Å². The van der Waals surface area contributed by atoms with E-state index in [2.05, 4.69) is 20.2 Å². The van der Waals surface area contributed by atoms with Crippen molar-refractivity contribution in [2.24, 2.45) is 0 Å². The molecule has 0 saturated carbocycles. The second-order valence-electron chi connectivity index (χ2n) is 3.83. The third-order valence-corrected chi connectivity index (χ3v) is 3.18. The van der Waals surface area contributed by atoms with Gasteiger partial charge in [0.15, 0.2) is 0 Å². The van der Waals surface area contributed by atoms with Crippen molar-refractivity contribution in [1.82, 2.24) is 9.59 Å². The number of fused-ring (bicyclic) bond motifs is 1. The van der Waals surface area contributed by atoms with Gasteiger partial charge < -0.3 is 10.6 Å². The second-order valence-corrected chi connectivity index (χ2v) is 4.62. The summed E-state index contributed by atoms with van der Waals surface area (Å²) in [5, 5.41) is 9.61. The predicted molar refractivity (Wildman–Crippen MR) is 66.6 cm³/mol. The van der Waals surface area contributed by atoms with Crippen molar-refractivity contribution in [3.05, 3.63) is 35.5 Å². The molecule has 2 amide bonds. The van der Waals surface area contributed by atoms with Gasteiger partial charge in [-0.15, -0.1) is 5.10 Å². The average Bonchev–Trinajstić information content (AvgIpc) is 2.95. The van der Waals surface area contributed by atoms with Crippen molar-refractivity contribution in [2.75, 3.05) is 10.6 Å². The highest BCUT2D eigenvalue weighted by molar-refractivity contribution is 7.10. The van der Waals surface area contributed by atoms with Crippen molar-refractivity contribution in [3.8, 4) is 0 Å². The van der Waals surface area contributed by atoms with Crippen molar-refractivity contribution < 1.29 is 9.59 Å². The number of anilines is 2. The maximum Gasteiger partial charge on any atom is 0.256 e. The number of amides is 2. The summed E-state index contributed by atoms with van der Waals surface area (Å²) >= 11 is 1.11. The third-order valence-electron chi connectivity index (χ3n) is 2.60. The summed E-state index contributed by atoms with van der Waals surface area (Å²) in [5.41, 5.74) is 2.11. The third kappa shape index (κ3) is 1.95. The summed E-state index contributed by atoms with van der Waals surface area (Å²) in [7, 11) is 0. The number of rotatable bonds is 2. The lowest BCUT2D eigenvalue weighted by atomic mass is 10.1. The standard InChI is InChI=1S/C11H8N4O2S/c16-9-4-6-1-2-7(3-8(6)13-9)11(17)14-10-5-12-15-18-10/h1-3,5H,4H2,(H,13,16)(H,14,17). The van der Waals surface area contributed by atoms with Crippen LogP contribution < -0.4 is 10.6 Å². The Labute approximate surface area is 106 Å². The van der Waals surface area contributed by atoms with Crippen LogP contribution in [0, 0.1) is 0 Å². The van der Waals surface area contributed by atoms with Gasteiger partial charge in [0.25, 0.3) is 5.91 Å². The molecular weight excluding hydrogens is 252 g/mol. The molecule has 1 aromatic carbocycles. The van der Waals surface area contributed by atoms with Gasteiger partial charge in [-0.25, -0.2) is 0 Å². The van der Waals surface area contributed by atoms with Gasteiger partial charge in [0.05, 0.1) is 12.6 Å². The van der Waals surface area contributed by atoms with Gasteiger partial charge in [-0.05, 0) is 17.7 Å². The maximum absolute atomic E-state index is 11.9. The Morgan fingerprint density at radius 1 is 1.44 bits per heavy atom. The highest BCUT2D eigenvalue weighted by atomic mass is 32.1.